The SMILES string of the molecule is CC(C)N(Cc1ccccc1)C[C@H](O)COc1ccc(NC(=O)CC/C=C/I)cc1. The molecule has 0 unspecified atom stereocenters. The Balaban J connectivity index is 1.79. The average molecular weight is 522 g/mol. The maximum atomic E-state index is 11.9. The van der Waals surface area contributed by atoms with E-state index in [-0.39, 0.29) is 12.5 Å². The summed E-state index contributed by atoms with van der Waals surface area (Å²) in [7, 11) is 0. The largest absolute Gasteiger partial charge is 0.491 e. The van der Waals surface area contributed by atoms with E-state index < -0.39 is 6.10 Å². The van der Waals surface area contributed by atoms with Gasteiger partial charge in [-0.05, 0) is 54.2 Å². The molecule has 2 N–H and O–H groups in total. The summed E-state index contributed by atoms with van der Waals surface area (Å²) in [5, 5.41) is 13.3. The van der Waals surface area contributed by atoms with Crippen LogP contribution >= 0.6 is 22.6 Å². The quantitative estimate of drug-likeness (QED) is 0.385. The van der Waals surface area contributed by atoms with Crippen molar-refractivity contribution in [1.29, 1.82) is 0 Å². The molecule has 30 heavy (non-hydrogen) atoms. The molecule has 0 fully saturated rings. The summed E-state index contributed by atoms with van der Waals surface area (Å²) in [6, 6.07) is 17.8. The first-order valence-electron chi connectivity index (χ1n) is 10.2. The molecule has 2 aromatic rings. The van der Waals surface area contributed by atoms with E-state index in [1.807, 2.05) is 40.5 Å². The van der Waals surface area contributed by atoms with Gasteiger partial charge >= 0.3 is 0 Å². The highest BCUT2D eigenvalue weighted by molar-refractivity contribution is 14.1. The first kappa shape index (κ1) is 24.4. The second kappa shape index (κ2) is 13.4. The lowest BCUT2D eigenvalue weighted by molar-refractivity contribution is -0.116. The van der Waals surface area contributed by atoms with Crippen LogP contribution in [0, 0.1) is 0 Å². The molecule has 0 spiro atoms. The van der Waals surface area contributed by atoms with Gasteiger partial charge in [0.1, 0.15) is 18.5 Å². The number of carbonyl (C=O) groups excluding carboxylic acids is 1. The summed E-state index contributed by atoms with van der Waals surface area (Å²) in [5.74, 6) is 0.653. The van der Waals surface area contributed by atoms with Crippen LogP contribution in [0.25, 0.3) is 0 Å². The predicted octanol–water partition coefficient (Wildman–Crippen LogP) is 5.00. The fourth-order valence-electron chi connectivity index (χ4n) is 2.93. The minimum atomic E-state index is -0.596. The molecule has 0 saturated heterocycles. The van der Waals surface area contributed by atoms with E-state index in [0.717, 1.165) is 18.7 Å². The van der Waals surface area contributed by atoms with E-state index in [2.05, 4.69) is 58.8 Å². The number of hydrogen-bond acceptors (Lipinski definition) is 4. The van der Waals surface area contributed by atoms with Crippen molar-refractivity contribution in [3.63, 3.8) is 0 Å². The van der Waals surface area contributed by atoms with E-state index in [1.165, 1.54) is 5.56 Å². The molecule has 6 heteroatoms. The number of carbonyl (C=O) groups is 1. The molecular formula is C24H31IN2O3. The third-order valence-electron chi connectivity index (χ3n) is 4.61. The minimum Gasteiger partial charge on any atom is -0.491 e. The number of ether oxygens (including phenoxy) is 1. The summed E-state index contributed by atoms with van der Waals surface area (Å²) in [6.45, 7) is 5.79. The Morgan fingerprint density at radius 3 is 2.50 bits per heavy atom. The van der Waals surface area contributed by atoms with Crippen LogP contribution < -0.4 is 10.1 Å². The number of nitrogens with one attached hydrogen (secondary N) is 1. The van der Waals surface area contributed by atoms with Crippen molar-refractivity contribution in [2.75, 3.05) is 18.5 Å². The molecule has 0 bridgehead atoms. The summed E-state index contributed by atoms with van der Waals surface area (Å²) in [6.07, 6.45) is 2.55. The Labute approximate surface area is 193 Å². The molecule has 0 aliphatic carbocycles. The summed E-state index contributed by atoms with van der Waals surface area (Å²) < 4.78 is 7.65. The second-order valence-electron chi connectivity index (χ2n) is 7.45. The van der Waals surface area contributed by atoms with Gasteiger partial charge in [0, 0.05) is 31.2 Å². The van der Waals surface area contributed by atoms with Crippen molar-refractivity contribution < 1.29 is 14.6 Å². The van der Waals surface area contributed by atoms with Gasteiger partial charge in [-0.2, -0.15) is 0 Å². The number of nitrogens with zero attached hydrogens (tertiary/aromatic N) is 1. The first-order valence-corrected chi connectivity index (χ1v) is 11.5. The molecule has 0 saturated carbocycles. The zero-order chi connectivity index (χ0) is 21.8. The summed E-state index contributed by atoms with van der Waals surface area (Å²) >= 11 is 2.14. The van der Waals surface area contributed by atoms with E-state index in [4.69, 9.17) is 4.74 Å². The highest BCUT2D eigenvalue weighted by Crippen LogP contribution is 2.17. The molecule has 0 aliphatic heterocycles. The van der Waals surface area contributed by atoms with Crippen LogP contribution in [-0.4, -0.2) is 41.2 Å². The molecule has 0 radical (unpaired) electrons. The number of halogens is 1. The van der Waals surface area contributed by atoms with Crippen LogP contribution in [0.2, 0.25) is 0 Å². The fourth-order valence-corrected chi connectivity index (χ4v) is 3.29. The van der Waals surface area contributed by atoms with Gasteiger partial charge < -0.3 is 15.2 Å². The number of amides is 1. The first-order chi connectivity index (χ1) is 14.5. The fraction of sp³-hybridized carbons (Fsp3) is 0.375. The highest BCUT2D eigenvalue weighted by Gasteiger charge is 2.16. The Morgan fingerprint density at radius 1 is 1.17 bits per heavy atom. The molecule has 0 aromatic heterocycles. The van der Waals surface area contributed by atoms with Crippen LogP contribution in [0.15, 0.2) is 64.8 Å². The molecule has 0 aliphatic rings. The zero-order valence-corrected chi connectivity index (χ0v) is 19.8. The predicted molar refractivity (Wildman–Crippen MR) is 131 cm³/mol. The lowest BCUT2D eigenvalue weighted by Crippen LogP contribution is -2.39. The molecule has 5 nitrogen and oxygen atoms in total. The van der Waals surface area contributed by atoms with Gasteiger partial charge in [0.2, 0.25) is 5.91 Å². The minimum absolute atomic E-state index is 0.0132. The number of hydrogen-bond donors (Lipinski definition) is 2. The number of allylic oxidation sites excluding steroid dienone is 1. The second-order valence-corrected chi connectivity index (χ2v) is 8.17. The number of anilines is 1. The van der Waals surface area contributed by atoms with Crippen LogP contribution in [0.3, 0.4) is 0 Å². The number of benzene rings is 2. The summed E-state index contributed by atoms with van der Waals surface area (Å²) in [4.78, 5) is 14.1. The molecule has 2 aromatic carbocycles. The average Bonchev–Trinajstić information content (AvgIpc) is 2.73. The Kier molecular flexibility index (Phi) is 10.9. The van der Waals surface area contributed by atoms with Gasteiger partial charge in [0.15, 0.2) is 0 Å². The molecular weight excluding hydrogens is 491 g/mol. The third kappa shape index (κ3) is 9.28. The van der Waals surface area contributed by atoms with Crippen molar-refractivity contribution in [3.8, 4) is 5.75 Å². The maximum Gasteiger partial charge on any atom is 0.224 e. The lowest BCUT2D eigenvalue weighted by Gasteiger charge is -2.28. The Morgan fingerprint density at radius 2 is 1.87 bits per heavy atom. The van der Waals surface area contributed by atoms with E-state index in [9.17, 15) is 9.90 Å². The van der Waals surface area contributed by atoms with Crippen molar-refractivity contribution in [1.82, 2.24) is 4.90 Å². The van der Waals surface area contributed by atoms with Crippen molar-refractivity contribution in [2.24, 2.45) is 0 Å². The lowest BCUT2D eigenvalue weighted by atomic mass is 10.1. The monoisotopic (exact) mass is 522 g/mol. The van der Waals surface area contributed by atoms with Crippen LogP contribution in [-0.2, 0) is 11.3 Å². The van der Waals surface area contributed by atoms with Crippen LogP contribution in [0.4, 0.5) is 5.69 Å². The van der Waals surface area contributed by atoms with Crippen molar-refractivity contribution in [3.05, 3.63) is 70.3 Å². The van der Waals surface area contributed by atoms with Crippen LogP contribution in [0.5, 0.6) is 5.75 Å². The Bertz CT molecular complexity index is 779. The number of aliphatic hydroxyl groups excluding tert-OH is 1. The standard InChI is InChI=1S/C24H31IN2O3/c1-19(2)27(16-20-8-4-3-5-9-20)17-22(28)18-30-23-13-11-21(12-14-23)26-24(29)10-6-7-15-25/h3-5,7-9,11-15,19,22,28H,6,10,16-18H2,1-2H3,(H,26,29)/b15-7+/t22-/m0/s1. The Hall–Kier alpha value is -1.90. The molecule has 2 rings (SSSR count). The van der Waals surface area contributed by atoms with Gasteiger partial charge in [-0.3, -0.25) is 9.69 Å². The van der Waals surface area contributed by atoms with E-state index >= 15 is 0 Å². The molecule has 162 valence electrons. The number of rotatable bonds is 12. The molecule has 0 heterocycles. The zero-order valence-electron chi connectivity index (χ0n) is 17.6. The van der Waals surface area contributed by atoms with E-state index in [0.29, 0.717) is 24.8 Å². The smallest absolute Gasteiger partial charge is 0.224 e. The van der Waals surface area contributed by atoms with Crippen molar-refractivity contribution >= 4 is 34.2 Å². The van der Waals surface area contributed by atoms with Gasteiger partial charge in [-0.25, -0.2) is 0 Å². The molecule has 1 atom stereocenters. The van der Waals surface area contributed by atoms with Gasteiger partial charge in [-0.15, -0.1) is 0 Å². The van der Waals surface area contributed by atoms with Crippen LogP contribution in [0.1, 0.15) is 32.3 Å². The van der Waals surface area contributed by atoms with Gasteiger partial charge in [0.25, 0.3) is 0 Å². The van der Waals surface area contributed by atoms with E-state index in [1.54, 1.807) is 12.1 Å². The summed E-state index contributed by atoms with van der Waals surface area (Å²) in [5.41, 5.74) is 1.96. The van der Waals surface area contributed by atoms with Gasteiger partial charge in [0.05, 0.1) is 0 Å². The number of aliphatic hydroxyl groups is 1. The highest BCUT2D eigenvalue weighted by atomic mass is 127. The molecule has 1 amide bonds. The topological polar surface area (TPSA) is 61.8 Å². The third-order valence-corrected chi connectivity index (χ3v) is 5.12. The van der Waals surface area contributed by atoms with Crippen molar-refractivity contribution in [2.45, 2.75) is 45.4 Å². The maximum absolute atomic E-state index is 11.9. The normalized spacial score (nSPS) is 12.5. The van der Waals surface area contributed by atoms with Gasteiger partial charge in [-0.1, -0.05) is 59.0 Å².